The van der Waals surface area contributed by atoms with Crippen LogP contribution in [0.15, 0.2) is 55.0 Å². The number of likely N-dealkylation sites (tertiary alicyclic amines) is 1. The van der Waals surface area contributed by atoms with E-state index >= 15 is 0 Å². The van der Waals surface area contributed by atoms with Crippen molar-refractivity contribution >= 4 is 34.5 Å². The lowest BCUT2D eigenvalue weighted by Crippen LogP contribution is -2.50. The Kier molecular flexibility index (Phi) is 5.13. The van der Waals surface area contributed by atoms with Crippen LogP contribution >= 0.6 is 0 Å². The van der Waals surface area contributed by atoms with Crippen LogP contribution in [-0.2, 0) is 17.6 Å². The van der Waals surface area contributed by atoms with E-state index in [4.69, 9.17) is 5.73 Å². The van der Waals surface area contributed by atoms with E-state index in [9.17, 15) is 14.7 Å². The Morgan fingerprint density at radius 2 is 1.97 bits per heavy atom. The summed E-state index contributed by atoms with van der Waals surface area (Å²) in [6.45, 7) is 3.50. The number of fused-ring (bicyclic) bond motifs is 2. The van der Waals surface area contributed by atoms with Gasteiger partial charge in [0.05, 0.1) is 17.8 Å². The van der Waals surface area contributed by atoms with Gasteiger partial charge in [-0.3, -0.25) is 4.79 Å². The molecule has 1 fully saturated rings. The lowest BCUT2D eigenvalue weighted by molar-refractivity contribution is -0.117. The van der Waals surface area contributed by atoms with Crippen molar-refractivity contribution in [1.82, 2.24) is 19.4 Å². The van der Waals surface area contributed by atoms with Gasteiger partial charge in [-0.2, -0.15) is 0 Å². The number of carbonyl (C=O) groups is 2. The van der Waals surface area contributed by atoms with Crippen molar-refractivity contribution in [3.8, 4) is 11.1 Å². The number of anilines is 2. The van der Waals surface area contributed by atoms with Crippen LogP contribution in [-0.4, -0.2) is 56.2 Å². The molecular weight excluding hydrogens is 456 g/mol. The van der Waals surface area contributed by atoms with E-state index in [0.717, 1.165) is 45.3 Å². The molecule has 9 nitrogen and oxygen atoms in total. The number of rotatable bonds is 4. The van der Waals surface area contributed by atoms with Crippen LogP contribution in [0.1, 0.15) is 22.7 Å². The number of carboxylic acid groups (broad SMARTS) is 1. The minimum Gasteiger partial charge on any atom is -0.465 e. The van der Waals surface area contributed by atoms with Gasteiger partial charge in [-0.15, -0.1) is 0 Å². The highest BCUT2D eigenvalue weighted by Gasteiger charge is 2.34. The van der Waals surface area contributed by atoms with E-state index in [1.807, 2.05) is 52.9 Å². The van der Waals surface area contributed by atoms with Gasteiger partial charge in [0.2, 0.25) is 5.91 Å². The second kappa shape index (κ2) is 8.37. The zero-order valence-electron chi connectivity index (χ0n) is 19.9. The quantitative estimate of drug-likeness (QED) is 0.458. The van der Waals surface area contributed by atoms with Crippen LogP contribution in [0.25, 0.3) is 22.2 Å². The van der Waals surface area contributed by atoms with Gasteiger partial charge in [0, 0.05) is 37.1 Å². The van der Waals surface area contributed by atoms with Crippen molar-refractivity contribution in [3.05, 3.63) is 71.7 Å². The molecule has 4 aromatic rings. The molecule has 2 aliphatic rings. The molecule has 2 amide bonds. The highest BCUT2D eigenvalue weighted by molar-refractivity contribution is 6.02. The van der Waals surface area contributed by atoms with Crippen LogP contribution in [0.2, 0.25) is 0 Å². The Balaban J connectivity index is 1.31. The molecule has 6 rings (SSSR count). The Hall–Kier alpha value is -4.40. The predicted octanol–water partition coefficient (Wildman–Crippen LogP) is 3.66. The minimum absolute atomic E-state index is 0.00388. The average Bonchev–Trinajstić information content (AvgIpc) is 3.40. The van der Waals surface area contributed by atoms with Gasteiger partial charge in [-0.25, -0.2) is 14.8 Å². The third kappa shape index (κ3) is 3.64. The van der Waals surface area contributed by atoms with Crippen LogP contribution in [0.5, 0.6) is 0 Å². The van der Waals surface area contributed by atoms with E-state index < -0.39 is 6.09 Å². The molecule has 182 valence electrons. The molecule has 0 radical (unpaired) electrons. The molecule has 0 saturated carbocycles. The number of nitrogens with two attached hydrogens (primary N) is 1. The van der Waals surface area contributed by atoms with Crippen molar-refractivity contribution in [2.75, 3.05) is 30.3 Å². The summed E-state index contributed by atoms with van der Waals surface area (Å²) in [7, 11) is 0. The summed E-state index contributed by atoms with van der Waals surface area (Å²) in [5.41, 5.74) is 13.1. The molecule has 9 heteroatoms. The molecule has 4 heterocycles. The number of nitrogen functional groups attached to an aromatic ring is 1. The minimum atomic E-state index is -0.919. The van der Waals surface area contributed by atoms with Crippen LogP contribution in [0, 0.1) is 6.92 Å². The van der Waals surface area contributed by atoms with Crippen LogP contribution < -0.4 is 10.6 Å². The molecule has 0 unspecified atom stereocenters. The number of benzene rings is 2. The third-order valence-corrected chi connectivity index (χ3v) is 7.19. The third-order valence-electron chi connectivity index (χ3n) is 7.19. The molecule has 1 saturated heterocycles. The number of aryl methyl sites for hydroxylation is 1. The van der Waals surface area contributed by atoms with Gasteiger partial charge in [0.1, 0.15) is 17.8 Å². The molecule has 2 aromatic heterocycles. The molecule has 2 aliphatic heterocycles. The SMILES string of the molecule is Cc1cccc(CC(=O)N2CCc3cc(-c4cn(C5CN(C(=O)O)C5)c5ncnc(N)c45)ccc32)c1. The highest BCUT2D eigenvalue weighted by atomic mass is 16.4. The fourth-order valence-electron chi connectivity index (χ4n) is 5.31. The molecule has 3 N–H and O–H groups in total. The topological polar surface area (TPSA) is 118 Å². The van der Waals surface area contributed by atoms with Crippen molar-refractivity contribution in [1.29, 1.82) is 0 Å². The van der Waals surface area contributed by atoms with Crippen LogP contribution in [0.4, 0.5) is 16.3 Å². The molecule has 0 bridgehead atoms. The molecule has 2 aromatic carbocycles. The summed E-state index contributed by atoms with van der Waals surface area (Å²) in [5, 5.41) is 9.99. The van der Waals surface area contributed by atoms with E-state index in [2.05, 4.69) is 22.1 Å². The highest BCUT2D eigenvalue weighted by Crippen LogP contribution is 2.39. The summed E-state index contributed by atoms with van der Waals surface area (Å²) in [4.78, 5) is 36.3. The van der Waals surface area contributed by atoms with Crippen LogP contribution in [0.3, 0.4) is 0 Å². The van der Waals surface area contributed by atoms with Gasteiger partial charge in [0.25, 0.3) is 0 Å². The first-order chi connectivity index (χ1) is 17.4. The van der Waals surface area contributed by atoms with Gasteiger partial charge < -0.3 is 25.2 Å². The Bertz CT molecular complexity index is 1520. The summed E-state index contributed by atoms with van der Waals surface area (Å²) in [5.74, 6) is 0.480. The second-order valence-corrected chi connectivity index (χ2v) is 9.55. The molecule has 0 atom stereocenters. The zero-order valence-corrected chi connectivity index (χ0v) is 19.9. The normalized spacial score (nSPS) is 15.2. The maximum absolute atomic E-state index is 13.1. The Morgan fingerprint density at radius 3 is 2.75 bits per heavy atom. The van der Waals surface area contributed by atoms with E-state index in [0.29, 0.717) is 37.5 Å². The van der Waals surface area contributed by atoms with Crippen molar-refractivity contribution in [2.24, 2.45) is 0 Å². The lowest BCUT2D eigenvalue weighted by Gasteiger charge is -2.38. The van der Waals surface area contributed by atoms with Gasteiger partial charge >= 0.3 is 6.09 Å². The summed E-state index contributed by atoms with van der Waals surface area (Å²) < 4.78 is 2.01. The first kappa shape index (κ1) is 22.1. The number of aromatic nitrogens is 3. The maximum Gasteiger partial charge on any atom is 0.407 e. The number of carbonyl (C=O) groups excluding carboxylic acids is 1. The number of hydrogen-bond donors (Lipinski definition) is 2. The molecule has 36 heavy (non-hydrogen) atoms. The van der Waals surface area contributed by atoms with Gasteiger partial charge in [0.15, 0.2) is 0 Å². The van der Waals surface area contributed by atoms with Crippen molar-refractivity contribution < 1.29 is 14.7 Å². The Labute approximate surface area is 207 Å². The molecule has 0 aliphatic carbocycles. The van der Waals surface area contributed by atoms with Crippen molar-refractivity contribution in [3.63, 3.8) is 0 Å². The monoisotopic (exact) mass is 482 g/mol. The first-order valence-electron chi connectivity index (χ1n) is 12.0. The number of amides is 2. The Morgan fingerprint density at radius 1 is 1.14 bits per heavy atom. The number of hydrogen-bond acceptors (Lipinski definition) is 5. The van der Waals surface area contributed by atoms with E-state index in [1.165, 1.54) is 11.2 Å². The zero-order chi connectivity index (χ0) is 25.0. The summed E-state index contributed by atoms with van der Waals surface area (Å²) in [6, 6.07) is 14.2. The second-order valence-electron chi connectivity index (χ2n) is 9.55. The standard InChI is InChI=1S/C27H26N6O3/c1-16-3-2-4-17(9-16)10-23(34)32-8-7-19-11-18(5-6-22(19)32)21-14-33(20-12-31(13-20)27(35)36)26-24(21)25(28)29-15-30-26/h2-6,9,11,14-15,20H,7-8,10,12-13H2,1H3,(H,35,36)(H2,28,29,30). The molecular formula is C27H26N6O3. The summed E-state index contributed by atoms with van der Waals surface area (Å²) >= 11 is 0. The molecule has 0 spiro atoms. The summed E-state index contributed by atoms with van der Waals surface area (Å²) in [6.07, 6.45) is 3.67. The van der Waals surface area contributed by atoms with Crippen molar-refractivity contribution in [2.45, 2.75) is 25.8 Å². The smallest absolute Gasteiger partial charge is 0.407 e. The number of nitrogens with zero attached hydrogens (tertiary/aromatic N) is 5. The maximum atomic E-state index is 13.1. The lowest BCUT2D eigenvalue weighted by atomic mass is 10.0. The largest absolute Gasteiger partial charge is 0.465 e. The fourth-order valence-corrected chi connectivity index (χ4v) is 5.31. The first-order valence-corrected chi connectivity index (χ1v) is 12.0. The average molecular weight is 483 g/mol. The predicted molar refractivity (Wildman–Crippen MR) is 137 cm³/mol. The van der Waals surface area contributed by atoms with E-state index in [-0.39, 0.29) is 11.9 Å². The van der Waals surface area contributed by atoms with Gasteiger partial charge in [-0.1, -0.05) is 35.9 Å². The van der Waals surface area contributed by atoms with E-state index in [1.54, 1.807) is 0 Å². The van der Waals surface area contributed by atoms with Gasteiger partial charge in [-0.05, 0) is 42.2 Å². The fraction of sp³-hybridized carbons (Fsp3) is 0.259.